The average Bonchev–Trinajstić information content (AvgIpc) is 3.28. The molecule has 1 fully saturated rings. The molecule has 0 saturated carbocycles. The Morgan fingerprint density at radius 2 is 2.10 bits per heavy atom. The first kappa shape index (κ1) is 19.2. The van der Waals surface area contributed by atoms with E-state index in [4.69, 9.17) is 26.1 Å². The predicted molar refractivity (Wildman–Crippen MR) is 114 cm³/mol. The third-order valence-corrected chi connectivity index (χ3v) is 5.44. The first-order chi connectivity index (χ1) is 14.0. The third kappa shape index (κ3) is 3.62. The van der Waals surface area contributed by atoms with E-state index in [1.165, 1.54) is 26.0 Å². The van der Waals surface area contributed by atoms with Crippen molar-refractivity contribution in [3.8, 4) is 16.9 Å². The number of nitrogens with zero attached hydrogens (tertiary/aromatic N) is 1. The van der Waals surface area contributed by atoms with Crippen LogP contribution in [0.3, 0.4) is 0 Å². The van der Waals surface area contributed by atoms with Crippen molar-refractivity contribution in [2.75, 3.05) is 14.2 Å². The van der Waals surface area contributed by atoms with E-state index >= 15 is 0 Å². The van der Waals surface area contributed by atoms with E-state index in [1.54, 1.807) is 42.7 Å². The molecule has 0 bridgehead atoms. The maximum Gasteiger partial charge on any atom is 0.341 e. The Morgan fingerprint density at radius 3 is 2.79 bits per heavy atom. The average molecular weight is 426 g/mol. The zero-order valence-corrected chi connectivity index (χ0v) is 17.0. The molecular weight excluding hydrogens is 412 g/mol. The fourth-order valence-corrected chi connectivity index (χ4v) is 3.97. The maximum absolute atomic E-state index is 11.9. The number of carbonyl (C=O) groups is 2. The van der Waals surface area contributed by atoms with Gasteiger partial charge in [-0.15, -0.1) is 0 Å². The first-order valence-electron chi connectivity index (χ1n) is 8.39. The van der Waals surface area contributed by atoms with Crippen LogP contribution in [-0.2, 0) is 9.53 Å². The molecule has 29 heavy (non-hydrogen) atoms. The fraction of sp³-hybridized carbons (Fsp3) is 0.100. The number of furan rings is 1. The van der Waals surface area contributed by atoms with Crippen molar-refractivity contribution >= 4 is 57.2 Å². The van der Waals surface area contributed by atoms with Crippen molar-refractivity contribution in [3.63, 3.8) is 0 Å². The van der Waals surface area contributed by atoms with Gasteiger partial charge in [-0.25, -0.2) is 4.79 Å². The Bertz CT molecular complexity index is 1200. The number of esters is 1. The summed E-state index contributed by atoms with van der Waals surface area (Å²) in [5.41, 5.74) is 2.41. The first-order valence-corrected chi connectivity index (χ1v) is 9.61. The van der Waals surface area contributed by atoms with Gasteiger partial charge in [-0.2, -0.15) is 0 Å². The molecule has 0 aliphatic carbocycles. The number of fused-ring (bicyclic) bond motifs is 1. The molecule has 1 saturated heterocycles. The van der Waals surface area contributed by atoms with Crippen LogP contribution in [0.4, 0.5) is 0 Å². The lowest BCUT2D eigenvalue weighted by atomic mass is 10.0. The molecule has 0 unspecified atom stereocenters. The SMILES string of the molecule is COC(=O)c1ccc(-c2cncc3cc(/C=C4/SC(=S)NC4=O)oc23)cc1OC. The van der Waals surface area contributed by atoms with Crippen LogP contribution in [0, 0.1) is 0 Å². The van der Waals surface area contributed by atoms with Gasteiger partial charge in [0.2, 0.25) is 0 Å². The summed E-state index contributed by atoms with van der Waals surface area (Å²) in [6.07, 6.45) is 4.99. The van der Waals surface area contributed by atoms with Gasteiger partial charge in [-0.1, -0.05) is 30.0 Å². The number of hydrogen-bond acceptors (Lipinski definition) is 8. The summed E-state index contributed by atoms with van der Waals surface area (Å²) in [6, 6.07) is 6.92. The molecule has 146 valence electrons. The Kier molecular flexibility index (Phi) is 5.08. The lowest BCUT2D eigenvalue weighted by Crippen LogP contribution is -2.17. The highest BCUT2D eigenvalue weighted by Crippen LogP contribution is 2.35. The number of carbonyl (C=O) groups excluding carboxylic acids is 2. The molecule has 1 N–H and O–H groups in total. The minimum atomic E-state index is -0.484. The predicted octanol–water partition coefficient (Wildman–Crippen LogP) is 3.78. The van der Waals surface area contributed by atoms with E-state index in [0.717, 1.165) is 16.5 Å². The van der Waals surface area contributed by atoms with Gasteiger partial charge in [0.05, 0.1) is 19.1 Å². The van der Waals surface area contributed by atoms with E-state index in [2.05, 4.69) is 10.3 Å². The van der Waals surface area contributed by atoms with E-state index in [0.29, 0.717) is 31.9 Å². The van der Waals surface area contributed by atoms with Crippen molar-refractivity contribution in [2.24, 2.45) is 0 Å². The maximum atomic E-state index is 11.9. The molecule has 1 aromatic carbocycles. The topological polar surface area (TPSA) is 90.7 Å². The molecule has 0 atom stereocenters. The van der Waals surface area contributed by atoms with Crippen LogP contribution in [0.2, 0.25) is 0 Å². The molecule has 1 amide bonds. The Labute approximate surface area is 175 Å². The second-order valence-electron chi connectivity index (χ2n) is 6.01. The summed E-state index contributed by atoms with van der Waals surface area (Å²) in [6.45, 7) is 0. The standard InChI is InChI=1S/C20H14N2O5S2/c1-25-15-6-10(3-4-13(15)19(24)26-2)14-9-21-8-11-5-12(27-17(11)14)7-16-18(23)22-20(28)29-16/h3-9H,1-2H3,(H,22,23,28)/b16-7+. The van der Waals surface area contributed by atoms with Crippen LogP contribution < -0.4 is 10.1 Å². The van der Waals surface area contributed by atoms with Crippen molar-refractivity contribution in [2.45, 2.75) is 0 Å². The normalized spacial score (nSPS) is 15.0. The van der Waals surface area contributed by atoms with E-state index in [-0.39, 0.29) is 5.91 Å². The summed E-state index contributed by atoms with van der Waals surface area (Å²) in [7, 11) is 2.80. The lowest BCUT2D eigenvalue weighted by Gasteiger charge is -2.09. The molecule has 1 aliphatic rings. The van der Waals surface area contributed by atoms with Gasteiger partial charge in [0.15, 0.2) is 0 Å². The van der Waals surface area contributed by atoms with Gasteiger partial charge in [0.1, 0.15) is 27.0 Å². The molecule has 1 aliphatic heterocycles. The smallest absolute Gasteiger partial charge is 0.341 e. The number of thiocarbonyl (C=S) groups is 1. The highest BCUT2D eigenvalue weighted by Gasteiger charge is 2.23. The molecule has 4 rings (SSSR count). The lowest BCUT2D eigenvalue weighted by molar-refractivity contribution is -0.115. The fourth-order valence-electron chi connectivity index (χ4n) is 2.95. The number of thioether (sulfide) groups is 1. The van der Waals surface area contributed by atoms with Crippen LogP contribution in [0.15, 0.2) is 46.0 Å². The Balaban J connectivity index is 1.78. The number of benzene rings is 1. The van der Waals surface area contributed by atoms with Gasteiger partial charge in [0.25, 0.3) is 5.91 Å². The molecule has 3 aromatic rings. The van der Waals surface area contributed by atoms with Crippen LogP contribution in [-0.4, -0.2) is 35.4 Å². The second-order valence-corrected chi connectivity index (χ2v) is 7.73. The van der Waals surface area contributed by atoms with Crippen molar-refractivity contribution in [1.82, 2.24) is 10.3 Å². The van der Waals surface area contributed by atoms with Crippen LogP contribution in [0.25, 0.3) is 28.2 Å². The molecule has 0 radical (unpaired) electrons. The highest BCUT2D eigenvalue weighted by atomic mass is 32.2. The van der Waals surface area contributed by atoms with Crippen molar-refractivity contribution in [1.29, 1.82) is 0 Å². The van der Waals surface area contributed by atoms with E-state index in [1.807, 2.05) is 0 Å². The number of rotatable bonds is 4. The van der Waals surface area contributed by atoms with Gasteiger partial charge in [0, 0.05) is 29.4 Å². The van der Waals surface area contributed by atoms with E-state index in [9.17, 15) is 9.59 Å². The zero-order valence-electron chi connectivity index (χ0n) is 15.3. The van der Waals surface area contributed by atoms with Gasteiger partial charge in [-0.3, -0.25) is 9.78 Å². The number of methoxy groups -OCH3 is 2. The van der Waals surface area contributed by atoms with Gasteiger partial charge >= 0.3 is 5.97 Å². The highest BCUT2D eigenvalue weighted by molar-refractivity contribution is 8.26. The third-order valence-electron chi connectivity index (χ3n) is 4.27. The summed E-state index contributed by atoms with van der Waals surface area (Å²) < 4.78 is 16.5. The van der Waals surface area contributed by atoms with Gasteiger partial charge < -0.3 is 19.2 Å². The van der Waals surface area contributed by atoms with Gasteiger partial charge in [-0.05, 0) is 23.8 Å². The molecule has 0 spiro atoms. The summed E-state index contributed by atoms with van der Waals surface area (Å²) in [5, 5.41) is 3.35. The second kappa shape index (κ2) is 7.69. The van der Waals surface area contributed by atoms with Crippen molar-refractivity contribution in [3.05, 3.63) is 52.9 Å². The summed E-state index contributed by atoms with van der Waals surface area (Å²) in [5.74, 6) is 0.159. The molecule has 2 aromatic heterocycles. The Morgan fingerprint density at radius 1 is 1.28 bits per heavy atom. The summed E-state index contributed by atoms with van der Waals surface area (Å²) >= 11 is 6.19. The molecule has 3 heterocycles. The quantitative estimate of drug-likeness (QED) is 0.383. The van der Waals surface area contributed by atoms with E-state index < -0.39 is 5.97 Å². The largest absolute Gasteiger partial charge is 0.496 e. The zero-order chi connectivity index (χ0) is 20.5. The van der Waals surface area contributed by atoms with Crippen LogP contribution >= 0.6 is 24.0 Å². The number of nitrogens with one attached hydrogen (secondary N) is 1. The van der Waals surface area contributed by atoms with Crippen molar-refractivity contribution < 1.29 is 23.5 Å². The number of pyridine rings is 1. The van der Waals surface area contributed by atoms with Crippen LogP contribution in [0.1, 0.15) is 16.1 Å². The minimum absolute atomic E-state index is 0.248. The number of ether oxygens (including phenoxy) is 2. The molecule has 7 nitrogen and oxygen atoms in total. The molecular formula is C20H14N2O5S2. The minimum Gasteiger partial charge on any atom is -0.496 e. The number of hydrogen-bond donors (Lipinski definition) is 1. The Hall–Kier alpha value is -3.17. The number of amides is 1. The monoisotopic (exact) mass is 426 g/mol. The summed E-state index contributed by atoms with van der Waals surface area (Å²) in [4.78, 5) is 28.5. The van der Waals surface area contributed by atoms with Crippen LogP contribution in [0.5, 0.6) is 5.75 Å². The number of aromatic nitrogens is 1. The molecule has 9 heteroatoms.